The first-order valence-electron chi connectivity index (χ1n) is 11.9. The summed E-state index contributed by atoms with van der Waals surface area (Å²) < 4.78 is 119. The first-order valence-corrected chi connectivity index (χ1v) is 11.9. The number of ether oxygens (including phenoxy) is 3. The van der Waals surface area contributed by atoms with Gasteiger partial charge in [-0.2, -0.15) is 26.3 Å². The number of rotatable bonds is 12. The minimum Gasteiger partial charge on any atom is -0.494 e. The van der Waals surface area contributed by atoms with Gasteiger partial charge in [0.2, 0.25) is 0 Å². The van der Waals surface area contributed by atoms with Crippen LogP contribution in [0.15, 0.2) is 72.8 Å². The molecule has 0 amide bonds. The van der Waals surface area contributed by atoms with Gasteiger partial charge in [0.05, 0.1) is 17.7 Å². The normalized spacial score (nSPS) is 12.2. The summed E-state index contributed by atoms with van der Waals surface area (Å²) in [7, 11) is 0. The van der Waals surface area contributed by atoms with Gasteiger partial charge in [0.25, 0.3) is 0 Å². The van der Waals surface area contributed by atoms with E-state index in [1.807, 2.05) is 31.2 Å². The summed E-state index contributed by atoms with van der Waals surface area (Å²) in [6.07, 6.45) is -4.21. The lowest BCUT2D eigenvalue weighted by molar-refractivity contribution is -0.343. The van der Waals surface area contributed by atoms with Gasteiger partial charge in [0.1, 0.15) is 11.5 Å². The van der Waals surface area contributed by atoms with Crippen molar-refractivity contribution in [3.05, 3.63) is 83.9 Å². The zero-order valence-corrected chi connectivity index (χ0v) is 21.2. The van der Waals surface area contributed by atoms with Gasteiger partial charge in [-0.05, 0) is 66.1 Å². The van der Waals surface area contributed by atoms with Crippen molar-refractivity contribution >= 4 is 11.9 Å². The van der Waals surface area contributed by atoms with E-state index in [9.17, 15) is 44.7 Å². The number of benzene rings is 3. The smallest absolute Gasteiger partial charge is 0.381 e. The maximum Gasteiger partial charge on any atom is 0.381 e. The highest BCUT2D eigenvalue weighted by Gasteiger charge is 2.75. The molecular weight excluding hydrogens is 568 g/mol. The second kappa shape index (κ2) is 12.6. The molecule has 3 rings (SSSR count). The van der Waals surface area contributed by atoms with E-state index < -0.39 is 48.3 Å². The van der Waals surface area contributed by atoms with Gasteiger partial charge < -0.3 is 14.2 Å². The molecule has 0 spiro atoms. The monoisotopic (exact) mass is 590 g/mol. The summed E-state index contributed by atoms with van der Waals surface area (Å²) in [5.41, 5.74) is 1.36. The zero-order chi connectivity index (χ0) is 30.4. The van der Waals surface area contributed by atoms with Crippen LogP contribution in [0.1, 0.15) is 34.1 Å². The van der Waals surface area contributed by atoms with Crippen LogP contribution in [0.25, 0.3) is 11.1 Å². The van der Waals surface area contributed by atoms with Gasteiger partial charge in [0.15, 0.2) is 6.61 Å². The number of esters is 2. The molecule has 41 heavy (non-hydrogen) atoms. The zero-order valence-electron chi connectivity index (χ0n) is 21.2. The summed E-state index contributed by atoms with van der Waals surface area (Å²) in [5, 5.41) is 0. The van der Waals surface area contributed by atoms with Crippen LogP contribution in [0.3, 0.4) is 0 Å². The predicted octanol–water partition coefficient (Wildman–Crippen LogP) is 7.69. The molecule has 0 saturated carbocycles. The van der Waals surface area contributed by atoms with Crippen LogP contribution in [0.2, 0.25) is 0 Å². The van der Waals surface area contributed by atoms with E-state index in [4.69, 9.17) is 9.47 Å². The molecule has 3 aromatic carbocycles. The van der Waals surface area contributed by atoms with E-state index in [0.29, 0.717) is 6.61 Å². The van der Waals surface area contributed by atoms with Crippen molar-refractivity contribution in [3.8, 4) is 22.6 Å². The quantitative estimate of drug-likeness (QED) is 0.123. The number of alkyl halides is 8. The average molecular weight is 590 g/mol. The Balaban J connectivity index is 1.58. The summed E-state index contributed by atoms with van der Waals surface area (Å²) >= 11 is 0. The van der Waals surface area contributed by atoms with Crippen molar-refractivity contribution in [1.29, 1.82) is 0 Å². The van der Waals surface area contributed by atoms with Crippen molar-refractivity contribution < 1.29 is 58.9 Å². The Hall–Kier alpha value is -4.16. The lowest BCUT2D eigenvalue weighted by Gasteiger charge is -2.31. The lowest BCUT2D eigenvalue weighted by Crippen LogP contribution is -2.59. The summed E-state index contributed by atoms with van der Waals surface area (Å²) in [5.74, 6) is -20.5. The average Bonchev–Trinajstić information content (AvgIpc) is 2.95. The minimum atomic E-state index is -6.50. The van der Waals surface area contributed by atoms with Gasteiger partial charge in [-0.1, -0.05) is 31.2 Å². The van der Waals surface area contributed by atoms with E-state index in [-0.39, 0.29) is 11.3 Å². The van der Waals surface area contributed by atoms with E-state index in [1.165, 1.54) is 12.1 Å². The van der Waals surface area contributed by atoms with Crippen LogP contribution in [-0.2, 0) is 4.74 Å². The first-order chi connectivity index (χ1) is 19.2. The van der Waals surface area contributed by atoms with Gasteiger partial charge in [-0.3, -0.25) is 0 Å². The number of carbonyl (C=O) groups excluding carboxylic acids is 2. The third kappa shape index (κ3) is 7.14. The molecule has 0 N–H and O–H groups in total. The lowest BCUT2D eigenvalue weighted by atomic mass is 10.0. The van der Waals surface area contributed by atoms with Crippen molar-refractivity contribution in [3.63, 3.8) is 0 Å². The maximum absolute atomic E-state index is 13.6. The molecule has 0 bridgehead atoms. The van der Waals surface area contributed by atoms with Crippen molar-refractivity contribution in [2.45, 2.75) is 37.5 Å². The fraction of sp³-hybridized carbons (Fsp3) is 0.286. The predicted molar refractivity (Wildman–Crippen MR) is 130 cm³/mol. The Bertz CT molecular complexity index is 1330. The molecule has 0 radical (unpaired) electrons. The fourth-order valence-corrected chi connectivity index (χ4v) is 3.30. The molecular formula is C28H22F8O5. The minimum absolute atomic E-state index is 0.0910. The van der Waals surface area contributed by atoms with Crippen molar-refractivity contribution in [1.82, 2.24) is 0 Å². The molecule has 220 valence electrons. The molecule has 0 aliphatic heterocycles. The molecule has 0 aromatic heterocycles. The Labute approximate surface area is 228 Å². The van der Waals surface area contributed by atoms with E-state index in [1.54, 1.807) is 12.1 Å². The highest BCUT2D eigenvalue weighted by Crippen LogP contribution is 2.48. The molecule has 0 unspecified atom stereocenters. The van der Waals surface area contributed by atoms with Gasteiger partial charge in [-0.25, -0.2) is 18.4 Å². The Morgan fingerprint density at radius 2 is 1.17 bits per heavy atom. The second-order valence-electron chi connectivity index (χ2n) is 8.64. The molecule has 0 heterocycles. The molecule has 0 aliphatic carbocycles. The summed E-state index contributed by atoms with van der Waals surface area (Å²) in [6, 6.07) is 17.7. The van der Waals surface area contributed by atoms with Crippen LogP contribution < -0.4 is 9.47 Å². The molecule has 0 saturated heterocycles. The van der Waals surface area contributed by atoms with Crippen molar-refractivity contribution in [2.75, 3.05) is 13.2 Å². The molecule has 0 fully saturated rings. The Kier molecular flexibility index (Phi) is 9.61. The van der Waals surface area contributed by atoms with Crippen LogP contribution in [0.4, 0.5) is 35.1 Å². The van der Waals surface area contributed by atoms with Crippen molar-refractivity contribution in [2.24, 2.45) is 0 Å². The van der Waals surface area contributed by atoms with Crippen LogP contribution in [0, 0.1) is 0 Å². The van der Waals surface area contributed by atoms with E-state index in [2.05, 4.69) is 4.74 Å². The van der Waals surface area contributed by atoms with Gasteiger partial charge in [-0.15, -0.1) is 0 Å². The topological polar surface area (TPSA) is 61.8 Å². The summed E-state index contributed by atoms with van der Waals surface area (Å²) in [6.45, 7) is -0.00290. The van der Waals surface area contributed by atoms with Crippen LogP contribution in [-0.4, -0.2) is 49.3 Å². The SMILES string of the molecule is CCCOc1ccc(-c2ccc(C(=O)Oc3ccc(C(=O)OCC(F)(F)C(F)(F)C(F)(F)C(F)F)cc3)cc2)cc1. The highest BCUT2D eigenvalue weighted by atomic mass is 19.4. The summed E-state index contributed by atoms with van der Waals surface area (Å²) in [4.78, 5) is 24.4. The Morgan fingerprint density at radius 3 is 1.68 bits per heavy atom. The number of hydrogen-bond acceptors (Lipinski definition) is 5. The molecule has 0 aliphatic rings. The molecule has 0 atom stereocenters. The van der Waals surface area contributed by atoms with Crippen LogP contribution in [0.5, 0.6) is 11.5 Å². The molecule has 3 aromatic rings. The number of carbonyl (C=O) groups is 2. The largest absolute Gasteiger partial charge is 0.494 e. The van der Waals surface area contributed by atoms with E-state index >= 15 is 0 Å². The van der Waals surface area contributed by atoms with E-state index in [0.717, 1.165) is 47.6 Å². The maximum atomic E-state index is 13.6. The third-order valence-corrected chi connectivity index (χ3v) is 5.62. The number of hydrogen-bond donors (Lipinski definition) is 0. The van der Waals surface area contributed by atoms with Gasteiger partial charge in [0, 0.05) is 0 Å². The third-order valence-electron chi connectivity index (χ3n) is 5.62. The Morgan fingerprint density at radius 1 is 0.707 bits per heavy atom. The second-order valence-corrected chi connectivity index (χ2v) is 8.64. The molecule has 13 heteroatoms. The van der Waals surface area contributed by atoms with Crippen LogP contribution >= 0.6 is 0 Å². The first kappa shape index (κ1) is 31.4. The number of halogens is 8. The highest BCUT2D eigenvalue weighted by molar-refractivity contribution is 5.92. The fourth-order valence-electron chi connectivity index (χ4n) is 3.30. The molecule has 5 nitrogen and oxygen atoms in total. The van der Waals surface area contributed by atoms with Gasteiger partial charge >= 0.3 is 36.1 Å². The standard InChI is InChI=1S/C28H22F8O5/c1-2-15-39-21-11-7-18(8-12-21)17-3-5-20(6-4-17)24(38)41-22-13-9-19(10-14-22)23(37)40-16-26(31,32)28(35,36)27(33,34)25(29)30/h3-14,25H,2,15-16H2,1H3.